The van der Waals surface area contributed by atoms with Crippen molar-refractivity contribution < 1.29 is 4.74 Å². The molecule has 4 heteroatoms. The lowest BCUT2D eigenvalue weighted by Crippen LogP contribution is -2.12. The Labute approximate surface area is 133 Å². The molecule has 0 atom stereocenters. The van der Waals surface area contributed by atoms with Crippen molar-refractivity contribution in [3.63, 3.8) is 0 Å². The van der Waals surface area contributed by atoms with E-state index in [9.17, 15) is 0 Å². The highest BCUT2D eigenvalue weighted by Gasteiger charge is 2.08. The van der Waals surface area contributed by atoms with Gasteiger partial charge in [-0.05, 0) is 43.2 Å². The molecule has 20 heavy (non-hydrogen) atoms. The van der Waals surface area contributed by atoms with E-state index in [1.165, 1.54) is 16.7 Å². The third-order valence-corrected chi connectivity index (χ3v) is 3.81. The molecular formula is C16H16BrNOS. The van der Waals surface area contributed by atoms with Crippen LogP contribution in [0.2, 0.25) is 0 Å². The summed E-state index contributed by atoms with van der Waals surface area (Å²) in [5.41, 5.74) is 10.1. The number of benzene rings is 2. The molecule has 104 valence electrons. The zero-order valence-electron chi connectivity index (χ0n) is 11.4. The number of halogens is 1. The van der Waals surface area contributed by atoms with Crippen molar-refractivity contribution in [3.05, 3.63) is 63.1 Å². The predicted octanol–water partition coefficient (Wildman–Crippen LogP) is 4.28. The molecule has 0 fully saturated rings. The van der Waals surface area contributed by atoms with Gasteiger partial charge in [0.05, 0.1) is 5.56 Å². The fraction of sp³-hybridized carbons (Fsp3) is 0.188. The molecule has 0 bridgehead atoms. The monoisotopic (exact) mass is 349 g/mol. The van der Waals surface area contributed by atoms with Crippen molar-refractivity contribution in [1.29, 1.82) is 0 Å². The molecule has 2 nitrogen and oxygen atoms in total. The molecular weight excluding hydrogens is 334 g/mol. The standard InChI is InChI=1S/C16H16BrNOS/c1-10-3-4-11(2)12(7-10)9-19-15-6-5-13(17)8-14(15)16(18)20/h3-8H,9H2,1-2H3,(H2,18,20). The molecule has 0 heterocycles. The molecule has 2 N–H and O–H groups in total. The maximum atomic E-state index is 5.89. The zero-order valence-corrected chi connectivity index (χ0v) is 13.8. The van der Waals surface area contributed by atoms with Crippen LogP contribution in [0.5, 0.6) is 5.75 Å². The fourth-order valence-electron chi connectivity index (χ4n) is 1.93. The van der Waals surface area contributed by atoms with Gasteiger partial charge in [-0.1, -0.05) is 51.9 Å². The fourth-order valence-corrected chi connectivity index (χ4v) is 2.45. The van der Waals surface area contributed by atoms with Gasteiger partial charge in [-0.3, -0.25) is 0 Å². The van der Waals surface area contributed by atoms with Gasteiger partial charge in [-0.25, -0.2) is 0 Å². The molecule has 0 aliphatic rings. The number of aryl methyl sites for hydroxylation is 2. The van der Waals surface area contributed by atoms with Crippen LogP contribution < -0.4 is 10.5 Å². The third kappa shape index (κ3) is 3.58. The van der Waals surface area contributed by atoms with Crippen molar-refractivity contribution in [2.45, 2.75) is 20.5 Å². The molecule has 2 aromatic rings. The highest BCUT2D eigenvalue weighted by Crippen LogP contribution is 2.24. The summed E-state index contributed by atoms with van der Waals surface area (Å²) in [6, 6.07) is 12.0. The Kier molecular flexibility index (Phi) is 4.78. The zero-order chi connectivity index (χ0) is 14.7. The average molecular weight is 350 g/mol. The summed E-state index contributed by atoms with van der Waals surface area (Å²) in [5, 5.41) is 0. The van der Waals surface area contributed by atoms with E-state index in [-0.39, 0.29) is 0 Å². The lowest BCUT2D eigenvalue weighted by atomic mass is 10.1. The second-order valence-electron chi connectivity index (χ2n) is 4.72. The molecule has 0 radical (unpaired) electrons. The van der Waals surface area contributed by atoms with Gasteiger partial charge in [0.25, 0.3) is 0 Å². The molecule has 0 saturated heterocycles. The SMILES string of the molecule is Cc1ccc(C)c(COc2ccc(Br)cc2C(N)=S)c1. The van der Waals surface area contributed by atoms with Crippen LogP contribution in [-0.4, -0.2) is 4.99 Å². The van der Waals surface area contributed by atoms with Crippen LogP contribution in [0.1, 0.15) is 22.3 Å². The molecule has 0 aliphatic heterocycles. The van der Waals surface area contributed by atoms with Crippen molar-refractivity contribution >= 4 is 33.1 Å². The normalized spacial score (nSPS) is 10.3. The summed E-state index contributed by atoms with van der Waals surface area (Å²) in [4.78, 5) is 0.335. The minimum Gasteiger partial charge on any atom is -0.488 e. The van der Waals surface area contributed by atoms with Gasteiger partial charge in [-0.15, -0.1) is 0 Å². The van der Waals surface area contributed by atoms with E-state index in [2.05, 4.69) is 48.0 Å². The topological polar surface area (TPSA) is 35.2 Å². The Morgan fingerprint density at radius 2 is 1.95 bits per heavy atom. The van der Waals surface area contributed by atoms with Gasteiger partial charge in [0.15, 0.2) is 0 Å². The maximum absolute atomic E-state index is 5.89. The molecule has 0 amide bonds. The predicted molar refractivity (Wildman–Crippen MR) is 90.3 cm³/mol. The summed E-state index contributed by atoms with van der Waals surface area (Å²) < 4.78 is 6.82. The van der Waals surface area contributed by atoms with Gasteiger partial charge in [0.2, 0.25) is 0 Å². The lowest BCUT2D eigenvalue weighted by molar-refractivity contribution is 0.305. The van der Waals surface area contributed by atoms with Crippen molar-refractivity contribution in [1.82, 2.24) is 0 Å². The number of nitrogens with two attached hydrogens (primary N) is 1. The van der Waals surface area contributed by atoms with Crippen LogP contribution >= 0.6 is 28.1 Å². The van der Waals surface area contributed by atoms with E-state index < -0.39 is 0 Å². The Hall–Kier alpha value is -1.39. The highest BCUT2D eigenvalue weighted by atomic mass is 79.9. The van der Waals surface area contributed by atoms with Crippen molar-refractivity contribution in [2.75, 3.05) is 0 Å². The first-order valence-electron chi connectivity index (χ1n) is 6.25. The third-order valence-electron chi connectivity index (χ3n) is 3.09. The van der Waals surface area contributed by atoms with Crippen LogP contribution in [0.25, 0.3) is 0 Å². The first-order chi connectivity index (χ1) is 9.47. The Balaban J connectivity index is 2.23. The summed E-state index contributed by atoms with van der Waals surface area (Å²) in [6.07, 6.45) is 0. The first kappa shape index (κ1) is 15.0. The summed E-state index contributed by atoms with van der Waals surface area (Å²) >= 11 is 8.47. The van der Waals surface area contributed by atoms with Gasteiger partial charge in [0, 0.05) is 4.47 Å². The molecule has 2 aromatic carbocycles. The molecule has 0 spiro atoms. The molecule has 0 aliphatic carbocycles. The van der Waals surface area contributed by atoms with Gasteiger partial charge in [-0.2, -0.15) is 0 Å². The van der Waals surface area contributed by atoms with Crippen LogP contribution in [0.15, 0.2) is 40.9 Å². The second kappa shape index (κ2) is 6.37. The molecule has 2 rings (SSSR count). The van der Waals surface area contributed by atoms with Crippen molar-refractivity contribution in [2.24, 2.45) is 5.73 Å². The number of thiocarbonyl (C=S) groups is 1. The van der Waals surface area contributed by atoms with Crippen molar-refractivity contribution in [3.8, 4) is 5.75 Å². The van der Waals surface area contributed by atoms with E-state index >= 15 is 0 Å². The molecule has 0 unspecified atom stereocenters. The van der Waals surface area contributed by atoms with E-state index in [4.69, 9.17) is 22.7 Å². The molecule has 0 aromatic heterocycles. The number of hydrogen-bond donors (Lipinski definition) is 1. The number of ether oxygens (including phenoxy) is 1. The molecule has 0 saturated carbocycles. The largest absolute Gasteiger partial charge is 0.488 e. The van der Waals surface area contributed by atoms with E-state index in [0.717, 1.165) is 10.0 Å². The lowest BCUT2D eigenvalue weighted by Gasteiger charge is -2.13. The summed E-state index contributed by atoms with van der Waals surface area (Å²) in [7, 11) is 0. The first-order valence-corrected chi connectivity index (χ1v) is 7.46. The van der Waals surface area contributed by atoms with Gasteiger partial charge >= 0.3 is 0 Å². The quantitative estimate of drug-likeness (QED) is 0.836. The maximum Gasteiger partial charge on any atom is 0.130 e. The number of rotatable bonds is 4. The van der Waals surface area contributed by atoms with E-state index in [1.54, 1.807) is 0 Å². The Bertz CT molecular complexity index is 655. The summed E-state index contributed by atoms with van der Waals surface area (Å²) in [5.74, 6) is 0.710. The van der Waals surface area contributed by atoms with Crippen LogP contribution in [0.4, 0.5) is 0 Å². The van der Waals surface area contributed by atoms with E-state index in [0.29, 0.717) is 17.3 Å². The van der Waals surface area contributed by atoms with Gasteiger partial charge < -0.3 is 10.5 Å². The smallest absolute Gasteiger partial charge is 0.130 e. The highest BCUT2D eigenvalue weighted by molar-refractivity contribution is 9.10. The van der Waals surface area contributed by atoms with E-state index in [1.807, 2.05) is 18.2 Å². The van der Waals surface area contributed by atoms with Crippen LogP contribution in [-0.2, 0) is 6.61 Å². The Morgan fingerprint density at radius 3 is 2.65 bits per heavy atom. The minimum atomic E-state index is 0.335. The average Bonchev–Trinajstić information content (AvgIpc) is 2.40. The minimum absolute atomic E-state index is 0.335. The summed E-state index contributed by atoms with van der Waals surface area (Å²) in [6.45, 7) is 4.65. The van der Waals surface area contributed by atoms with Gasteiger partial charge in [0.1, 0.15) is 17.3 Å². The van der Waals surface area contributed by atoms with Crippen LogP contribution in [0.3, 0.4) is 0 Å². The second-order valence-corrected chi connectivity index (χ2v) is 6.08. The number of hydrogen-bond acceptors (Lipinski definition) is 2. The van der Waals surface area contributed by atoms with Crippen LogP contribution in [0, 0.1) is 13.8 Å². The Morgan fingerprint density at radius 1 is 1.20 bits per heavy atom.